The van der Waals surface area contributed by atoms with Crippen LogP contribution in [0.1, 0.15) is 213 Å². The first-order chi connectivity index (χ1) is 26.5. The zero-order chi connectivity index (χ0) is 38.2. The summed E-state index contributed by atoms with van der Waals surface area (Å²) in [5.41, 5.74) is 22.2. The molecule has 0 aromatic heterocycles. The van der Waals surface area contributed by atoms with Crippen LogP contribution in [0.5, 0.6) is 0 Å². The van der Waals surface area contributed by atoms with Crippen LogP contribution in [0, 0.1) is 0 Å². The highest BCUT2D eigenvalue weighted by atomic mass is 14.5. The Hall–Kier alpha value is -3.52. The van der Waals surface area contributed by atoms with Gasteiger partial charge in [-0.25, -0.2) is 0 Å². The molecule has 4 aromatic rings. The van der Waals surface area contributed by atoms with E-state index < -0.39 is 0 Å². The van der Waals surface area contributed by atoms with Gasteiger partial charge >= 0.3 is 0 Å². The lowest BCUT2D eigenvalue weighted by Gasteiger charge is -2.21. The first kappa shape index (κ1) is 43.2. The zero-order valence-electron chi connectivity index (χ0n) is 34.7. The molecule has 0 aliphatic rings. The Morgan fingerprint density at radius 1 is 0.315 bits per heavy atom. The van der Waals surface area contributed by atoms with Crippen molar-refractivity contribution in [2.75, 3.05) is 11.5 Å². The van der Waals surface area contributed by atoms with Crippen LogP contribution in [0.25, 0.3) is 0 Å². The maximum Gasteiger partial charge on any atom is 0.0314 e. The Kier molecular flexibility index (Phi) is 20.4. The SMILES string of the molecule is CCCCCCCCCCCCC(c1ccc(N)cc1)c1ccc(C(C)c2ccc(C(CCCCCCCCCCCC)c3ccc(N)cc3)cc2)cc1. The number of hydrogen-bond acceptors (Lipinski definition) is 2. The fourth-order valence-electron chi connectivity index (χ4n) is 8.41. The molecule has 0 fully saturated rings. The van der Waals surface area contributed by atoms with E-state index in [0.29, 0.717) is 17.8 Å². The third-order valence-corrected chi connectivity index (χ3v) is 12.0. The second-order valence-electron chi connectivity index (χ2n) is 16.4. The maximum absolute atomic E-state index is 6.09. The normalized spacial score (nSPS) is 13.2. The van der Waals surface area contributed by atoms with Crippen molar-refractivity contribution < 1.29 is 0 Å². The van der Waals surface area contributed by atoms with Crippen molar-refractivity contribution in [3.8, 4) is 0 Å². The van der Waals surface area contributed by atoms with Crippen LogP contribution < -0.4 is 11.5 Å². The molecule has 2 nitrogen and oxygen atoms in total. The highest BCUT2D eigenvalue weighted by Gasteiger charge is 2.18. The summed E-state index contributed by atoms with van der Waals surface area (Å²) in [4.78, 5) is 0. The van der Waals surface area contributed by atoms with Crippen LogP contribution in [-0.2, 0) is 0 Å². The summed E-state index contributed by atoms with van der Waals surface area (Å²) in [6.45, 7) is 6.95. The third-order valence-electron chi connectivity index (χ3n) is 12.0. The Bertz CT molecular complexity index is 1390. The summed E-state index contributed by atoms with van der Waals surface area (Å²) < 4.78 is 0. The van der Waals surface area contributed by atoms with Gasteiger partial charge in [-0.1, -0.05) is 222 Å². The van der Waals surface area contributed by atoms with Gasteiger partial charge in [-0.15, -0.1) is 0 Å². The fraction of sp³-hybridized carbons (Fsp3) is 0.538. The maximum atomic E-state index is 6.09. The van der Waals surface area contributed by atoms with E-state index in [0.717, 1.165) is 11.4 Å². The number of nitrogens with two attached hydrogens (primary N) is 2. The largest absolute Gasteiger partial charge is 0.399 e. The second kappa shape index (κ2) is 25.5. The lowest BCUT2D eigenvalue weighted by atomic mass is 9.83. The lowest BCUT2D eigenvalue weighted by molar-refractivity contribution is 0.540. The molecule has 0 spiro atoms. The first-order valence-corrected chi connectivity index (χ1v) is 22.4. The van der Waals surface area contributed by atoms with Crippen molar-refractivity contribution in [2.24, 2.45) is 0 Å². The van der Waals surface area contributed by atoms with E-state index in [9.17, 15) is 0 Å². The van der Waals surface area contributed by atoms with Gasteiger partial charge < -0.3 is 11.5 Å². The minimum Gasteiger partial charge on any atom is -0.399 e. The quantitative estimate of drug-likeness (QED) is 0.0452. The number of unbranched alkanes of at least 4 members (excludes halogenated alkanes) is 18. The molecule has 0 bridgehead atoms. The predicted molar refractivity (Wildman–Crippen MR) is 239 cm³/mol. The average molecular weight is 729 g/mol. The number of anilines is 2. The van der Waals surface area contributed by atoms with Crippen LogP contribution >= 0.6 is 0 Å². The van der Waals surface area contributed by atoms with Crippen molar-refractivity contribution in [2.45, 2.75) is 180 Å². The minimum atomic E-state index is 0.335. The number of nitrogen functional groups attached to an aromatic ring is 2. The van der Waals surface area contributed by atoms with Crippen molar-refractivity contribution in [1.29, 1.82) is 0 Å². The van der Waals surface area contributed by atoms with Crippen molar-refractivity contribution >= 4 is 11.4 Å². The minimum absolute atomic E-state index is 0.335. The van der Waals surface area contributed by atoms with Crippen LogP contribution in [0.4, 0.5) is 11.4 Å². The molecule has 0 saturated heterocycles. The summed E-state index contributed by atoms with van der Waals surface area (Å²) in [6, 6.07) is 36.3. The number of rotatable bonds is 28. The van der Waals surface area contributed by atoms with Crippen LogP contribution in [0.15, 0.2) is 97.1 Å². The molecule has 4 rings (SSSR count). The molecule has 0 aliphatic carbocycles. The molecular weight excluding hydrogens is 653 g/mol. The lowest BCUT2D eigenvalue weighted by Crippen LogP contribution is -2.04. The first-order valence-electron chi connectivity index (χ1n) is 22.4. The Balaban J connectivity index is 1.34. The monoisotopic (exact) mass is 729 g/mol. The van der Waals surface area contributed by atoms with Gasteiger partial charge in [0.25, 0.3) is 0 Å². The van der Waals surface area contributed by atoms with Crippen LogP contribution in [-0.4, -0.2) is 0 Å². The van der Waals surface area contributed by atoms with Crippen molar-refractivity contribution in [3.63, 3.8) is 0 Å². The van der Waals surface area contributed by atoms with Gasteiger partial charge in [0, 0.05) is 29.1 Å². The Morgan fingerprint density at radius 3 is 0.815 bits per heavy atom. The van der Waals surface area contributed by atoms with E-state index in [1.165, 1.54) is 175 Å². The third kappa shape index (κ3) is 15.3. The summed E-state index contributed by atoms with van der Waals surface area (Å²) in [6.07, 6.45) is 29.8. The molecule has 0 heterocycles. The highest BCUT2D eigenvalue weighted by molar-refractivity contribution is 5.45. The molecule has 0 amide bonds. The topological polar surface area (TPSA) is 52.0 Å². The molecule has 2 atom stereocenters. The standard InChI is InChI=1S/C52H76N2/c1-4-6-8-10-12-14-16-18-20-22-24-51(47-34-38-49(53)39-35-47)45-30-26-43(27-31-45)42(3)44-28-32-46(33-29-44)52(48-36-40-50(54)41-37-48)25-23-21-19-17-15-13-11-9-7-5-2/h26-42,51-52H,4-25,53-54H2,1-3H3. The Labute approximate surface area is 332 Å². The van der Waals surface area contributed by atoms with Crippen LogP contribution in [0.2, 0.25) is 0 Å². The van der Waals surface area contributed by atoms with Crippen molar-refractivity contribution in [1.82, 2.24) is 0 Å². The van der Waals surface area contributed by atoms with E-state index >= 15 is 0 Å². The molecule has 2 heteroatoms. The summed E-state index contributed by atoms with van der Waals surface area (Å²) >= 11 is 0. The zero-order valence-corrected chi connectivity index (χ0v) is 34.7. The summed E-state index contributed by atoms with van der Waals surface area (Å²) in [7, 11) is 0. The smallest absolute Gasteiger partial charge is 0.0314 e. The Morgan fingerprint density at radius 2 is 0.537 bits per heavy atom. The van der Waals surface area contributed by atoms with Crippen LogP contribution in [0.3, 0.4) is 0 Å². The van der Waals surface area contributed by atoms with Gasteiger partial charge in [-0.05, 0) is 70.5 Å². The van der Waals surface area contributed by atoms with E-state index in [1.807, 2.05) is 0 Å². The molecule has 54 heavy (non-hydrogen) atoms. The van der Waals surface area contributed by atoms with Gasteiger partial charge in [0.05, 0.1) is 0 Å². The van der Waals surface area contributed by atoms with Gasteiger partial charge in [0.2, 0.25) is 0 Å². The van der Waals surface area contributed by atoms with Crippen molar-refractivity contribution in [3.05, 3.63) is 130 Å². The molecule has 0 aliphatic heterocycles. The van der Waals surface area contributed by atoms with Gasteiger partial charge in [0.15, 0.2) is 0 Å². The molecule has 0 saturated carbocycles. The van der Waals surface area contributed by atoms with E-state index in [2.05, 4.69) is 118 Å². The summed E-state index contributed by atoms with van der Waals surface area (Å²) in [5.74, 6) is 1.15. The van der Waals surface area contributed by atoms with E-state index in [-0.39, 0.29) is 0 Å². The summed E-state index contributed by atoms with van der Waals surface area (Å²) in [5, 5.41) is 0. The van der Waals surface area contributed by atoms with E-state index in [1.54, 1.807) is 0 Å². The molecule has 294 valence electrons. The number of hydrogen-bond donors (Lipinski definition) is 2. The molecule has 2 unspecified atom stereocenters. The second-order valence-corrected chi connectivity index (χ2v) is 16.4. The molecule has 4 aromatic carbocycles. The molecular formula is C52H76N2. The molecule has 4 N–H and O–H groups in total. The van der Waals surface area contributed by atoms with E-state index in [4.69, 9.17) is 11.5 Å². The van der Waals surface area contributed by atoms with Gasteiger partial charge in [-0.2, -0.15) is 0 Å². The number of benzene rings is 4. The van der Waals surface area contributed by atoms with Gasteiger partial charge in [-0.3, -0.25) is 0 Å². The fourth-order valence-corrected chi connectivity index (χ4v) is 8.41. The molecule has 0 radical (unpaired) electrons. The van der Waals surface area contributed by atoms with Gasteiger partial charge in [0.1, 0.15) is 0 Å². The average Bonchev–Trinajstić information content (AvgIpc) is 3.20. The predicted octanol–water partition coefficient (Wildman–Crippen LogP) is 15.9. The highest BCUT2D eigenvalue weighted by Crippen LogP contribution is 2.35.